The maximum Gasteiger partial charge on any atom is 0.271 e. The van der Waals surface area contributed by atoms with Crippen molar-refractivity contribution >= 4 is 50.8 Å². The van der Waals surface area contributed by atoms with Crippen molar-refractivity contribution < 1.29 is 22.7 Å². The van der Waals surface area contributed by atoms with Crippen LogP contribution >= 0.6 is 12.4 Å². The summed E-state index contributed by atoms with van der Waals surface area (Å²) in [6, 6.07) is 16.8. The standard InChI is InChI=1S/C35H42N6O6S.ClH/c1-22-5-11-28(48(45,46)41-13-15-47-16-14-41)20-30(22)26-4-2-3-24(17-26)18-32(38-33(42)25-8-6-23(21-36)7-9-25)35(44)37-27-10-12-29-31(19-27)39-40-34(29)43;/h2-5,10-12,17,19-20,23,25,32H,6-9,13-16,18,21,36H2,1H3,(H,37,44)(H,38,42)(H2,39,40,43);1H/t23?,25?,32-;/m0./s1. The minimum Gasteiger partial charge on any atom is -0.379 e. The van der Waals surface area contributed by atoms with Crippen LogP contribution in [-0.4, -0.2) is 73.6 Å². The van der Waals surface area contributed by atoms with E-state index < -0.39 is 22.0 Å². The predicted molar refractivity (Wildman–Crippen MR) is 191 cm³/mol. The van der Waals surface area contributed by atoms with Crippen LogP contribution in [-0.2, 0) is 30.8 Å². The van der Waals surface area contributed by atoms with Gasteiger partial charge >= 0.3 is 0 Å². The lowest BCUT2D eigenvalue weighted by Crippen LogP contribution is -2.48. The Morgan fingerprint density at radius 3 is 2.49 bits per heavy atom. The van der Waals surface area contributed by atoms with Crippen molar-refractivity contribution in [2.24, 2.45) is 17.6 Å². The minimum atomic E-state index is -3.70. The number of aromatic nitrogens is 2. The van der Waals surface area contributed by atoms with E-state index in [1.807, 2.05) is 31.2 Å². The number of anilines is 1. The topological polar surface area (TPSA) is 179 Å². The van der Waals surface area contributed by atoms with Crippen LogP contribution in [0, 0.1) is 18.8 Å². The number of hydrogen-bond donors (Lipinski definition) is 5. The Morgan fingerprint density at radius 1 is 1.00 bits per heavy atom. The Labute approximate surface area is 291 Å². The van der Waals surface area contributed by atoms with E-state index in [4.69, 9.17) is 10.5 Å². The molecular weight excluding hydrogens is 668 g/mol. The van der Waals surface area contributed by atoms with Gasteiger partial charge in [-0.15, -0.1) is 12.4 Å². The highest BCUT2D eigenvalue weighted by molar-refractivity contribution is 7.89. The van der Waals surface area contributed by atoms with Crippen LogP contribution in [0.2, 0.25) is 0 Å². The van der Waals surface area contributed by atoms with E-state index in [2.05, 4.69) is 20.8 Å². The number of H-pyrrole nitrogens is 2. The average molecular weight is 711 g/mol. The largest absolute Gasteiger partial charge is 0.379 e. The van der Waals surface area contributed by atoms with Crippen LogP contribution in [0.4, 0.5) is 5.69 Å². The van der Waals surface area contributed by atoms with Crippen LogP contribution in [0.5, 0.6) is 0 Å². The number of benzene rings is 3. The molecule has 0 bridgehead atoms. The molecule has 2 aliphatic rings. The van der Waals surface area contributed by atoms with Crippen molar-refractivity contribution in [3.8, 4) is 11.1 Å². The smallest absolute Gasteiger partial charge is 0.271 e. The SMILES string of the molecule is Cc1ccc(S(=O)(=O)N2CCOCC2)cc1-c1cccc(C[C@H](NC(=O)C2CCC(CN)CC2)C(=O)Nc2ccc3c(=O)[nH][nH]c3c2)c1.Cl. The van der Waals surface area contributed by atoms with E-state index in [-0.39, 0.29) is 41.1 Å². The van der Waals surface area contributed by atoms with Gasteiger partial charge in [-0.25, -0.2) is 8.42 Å². The number of halogens is 1. The summed E-state index contributed by atoms with van der Waals surface area (Å²) >= 11 is 0. The Hall–Kier alpha value is -4.01. The number of rotatable bonds is 10. The van der Waals surface area contributed by atoms with Gasteiger partial charge in [0.05, 0.1) is 29.0 Å². The number of hydrogen-bond acceptors (Lipinski definition) is 7. The molecule has 0 unspecified atom stereocenters. The molecule has 0 spiro atoms. The number of nitrogens with two attached hydrogens (primary N) is 1. The fourth-order valence-electron chi connectivity index (χ4n) is 6.61. The van der Waals surface area contributed by atoms with Gasteiger partial charge in [-0.3, -0.25) is 24.6 Å². The van der Waals surface area contributed by atoms with Crippen molar-refractivity contribution in [3.63, 3.8) is 0 Å². The highest BCUT2D eigenvalue weighted by Gasteiger charge is 2.30. The lowest BCUT2D eigenvalue weighted by molar-refractivity contribution is -0.130. The summed E-state index contributed by atoms with van der Waals surface area (Å²) in [5.41, 5.74) is 9.90. The molecule has 2 heterocycles. The van der Waals surface area contributed by atoms with Crippen molar-refractivity contribution in [1.29, 1.82) is 0 Å². The maximum atomic E-state index is 13.8. The van der Waals surface area contributed by atoms with Crippen molar-refractivity contribution in [1.82, 2.24) is 19.8 Å². The molecule has 262 valence electrons. The van der Waals surface area contributed by atoms with Gasteiger partial charge in [0.25, 0.3) is 5.56 Å². The molecule has 1 aromatic heterocycles. The van der Waals surface area contributed by atoms with Gasteiger partial charge in [0.1, 0.15) is 6.04 Å². The molecule has 1 atom stereocenters. The maximum absolute atomic E-state index is 13.8. The summed E-state index contributed by atoms with van der Waals surface area (Å²) in [6.07, 6.45) is 3.40. The van der Waals surface area contributed by atoms with Crippen LogP contribution in [0.1, 0.15) is 36.8 Å². The lowest BCUT2D eigenvalue weighted by atomic mass is 9.81. The summed E-state index contributed by atoms with van der Waals surface area (Å²) < 4.78 is 33.6. The van der Waals surface area contributed by atoms with Gasteiger partial charge in [-0.2, -0.15) is 4.31 Å². The third-order valence-electron chi connectivity index (χ3n) is 9.52. The zero-order chi connectivity index (χ0) is 33.8. The van der Waals surface area contributed by atoms with Crippen LogP contribution < -0.4 is 21.9 Å². The molecule has 2 fully saturated rings. The zero-order valence-corrected chi connectivity index (χ0v) is 29.0. The first kappa shape index (κ1) is 36.3. The molecule has 1 aliphatic heterocycles. The Kier molecular flexibility index (Phi) is 11.6. The van der Waals surface area contributed by atoms with Gasteiger partial charge in [0.15, 0.2) is 0 Å². The lowest BCUT2D eigenvalue weighted by Gasteiger charge is -2.28. The average Bonchev–Trinajstić information content (AvgIpc) is 3.48. The summed E-state index contributed by atoms with van der Waals surface area (Å²) in [7, 11) is -3.70. The van der Waals surface area contributed by atoms with Gasteiger partial charge < -0.3 is 21.1 Å². The minimum absolute atomic E-state index is 0. The molecular formula is C35H43ClN6O6S. The van der Waals surface area contributed by atoms with E-state index in [0.717, 1.165) is 47.9 Å². The van der Waals surface area contributed by atoms with Crippen molar-refractivity contribution in [2.75, 3.05) is 38.2 Å². The van der Waals surface area contributed by atoms with E-state index in [1.165, 1.54) is 4.31 Å². The number of amides is 2. The first-order valence-electron chi connectivity index (χ1n) is 16.4. The number of morpholine rings is 1. The number of nitrogens with zero attached hydrogens (tertiary/aromatic N) is 1. The monoisotopic (exact) mass is 710 g/mol. The number of carbonyl (C=O) groups is 2. The van der Waals surface area contributed by atoms with Crippen LogP contribution in [0.25, 0.3) is 22.0 Å². The zero-order valence-electron chi connectivity index (χ0n) is 27.4. The van der Waals surface area contributed by atoms with Gasteiger partial charge in [0.2, 0.25) is 21.8 Å². The molecule has 2 amide bonds. The van der Waals surface area contributed by atoms with Crippen molar-refractivity contribution in [2.45, 2.75) is 50.0 Å². The number of aryl methyl sites for hydroxylation is 1. The summed E-state index contributed by atoms with van der Waals surface area (Å²) in [6.45, 7) is 3.87. The fourth-order valence-corrected chi connectivity index (χ4v) is 8.05. The summed E-state index contributed by atoms with van der Waals surface area (Å²) in [4.78, 5) is 39.4. The van der Waals surface area contributed by atoms with Gasteiger partial charge in [-0.1, -0.05) is 30.3 Å². The molecule has 1 saturated carbocycles. The predicted octanol–water partition coefficient (Wildman–Crippen LogP) is 3.71. The fraction of sp³-hybridized carbons (Fsp3) is 0.400. The van der Waals surface area contributed by atoms with E-state index in [9.17, 15) is 22.8 Å². The number of nitrogens with one attached hydrogen (secondary N) is 4. The first-order chi connectivity index (χ1) is 23.1. The number of fused-ring (bicyclic) bond motifs is 1. The molecule has 1 saturated heterocycles. The number of aromatic amines is 2. The molecule has 6 rings (SSSR count). The van der Waals surface area contributed by atoms with Crippen LogP contribution in [0.15, 0.2) is 70.4 Å². The highest BCUT2D eigenvalue weighted by Crippen LogP contribution is 2.30. The second kappa shape index (κ2) is 15.7. The Balaban J connectivity index is 0.00000468. The van der Waals surface area contributed by atoms with Gasteiger partial charge in [0, 0.05) is 31.1 Å². The quantitative estimate of drug-likeness (QED) is 0.166. The second-order valence-corrected chi connectivity index (χ2v) is 14.7. The molecule has 6 N–H and O–H groups in total. The molecule has 1 aliphatic carbocycles. The summed E-state index contributed by atoms with van der Waals surface area (Å²) in [5.74, 6) is -0.341. The Bertz CT molecular complexity index is 1960. The molecule has 12 nitrogen and oxygen atoms in total. The molecule has 49 heavy (non-hydrogen) atoms. The van der Waals surface area contributed by atoms with Crippen LogP contribution in [0.3, 0.4) is 0 Å². The number of ether oxygens (including phenoxy) is 1. The molecule has 4 aromatic rings. The first-order valence-corrected chi connectivity index (χ1v) is 17.9. The van der Waals surface area contributed by atoms with E-state index >= 15 is 0 Å². The highest BCUT2D eigenvalue weighted by atomic mass is 35.5. The molecule has 0 radical (unpaired) electrons. The molecule has 14 heteroatoms. The second-order valence-electron chi connectivity index (χ2n) is 12.7. The van der Waals surface area contributed by atoms with E-state index in [0.29, 0.717) is 55.4 Å². The third kappa shape index (κ3) is 8.25. The Morgan fingerprint density at radius 2 is 1.76 bits per heavy atom. The van der Waals surface area contributed by atoms with E-state index in [1.54, 1.807) is 36.4 Å². The third-order valence-corrected chi connectivity index (χ3v) is 11.4. The molecule has 3 aromatic carbocycles. The van der Waals surface area contributed by atoms with Gasteiger partial charge in [-0.05, 0) is 97.7 Å². The summed E-state index contributed by atoms with van der Waals surface area (Å²) in [5, 5.41) is 11.7. The number of sulfonamides is 1. The van der Waals surface area contributed by atoms with Crippen molar-refractivity contribution in [3.05, 3.63) is 82.1 Å². The normalized spacial score (nSPS) is 19.1. The number of carbonyl (C=O) groups excluding carboxylic acids is 2.